The van der Waals surface area contributed by atoms with Crippen LogP contribution >= 0.6 is 0 Å². The molecule has 0 saturated heterocycles. The Morgan fingerprint density at radius 3 is 2.00 bits per heavy atom. The number of esters is 2. The third-order valence-corrected chi connectivity index (χ3v) is 5.77. The first-order valence-electron chi connectivity index (χ1n) is 11.6. The highest BCUT2D eigenvalue weighted by molar-refractivity contribution is 5.94. The van der Waals surface area contributed by atoms with Gasteiger partial charge in [0.25, 0.3) is 0 Å². The Kier molecular flexibility index (Phi) is 8.01. The summed E-state index contributed by atoms with van der Waals surface area (Å²) in [5.41, 5.74) is 3.79. The highest BCUT2D eigenvalue weighted by atomic mass is 16.5. The van der Waals surface area contributed by atoms with E-state index < -0.39 is 11.9 Å². The minimum Gasteiger partial charge on any atom is -0.423 e. The summed E-state index contributed by atoms with van der Waals surface area (Å²) in [7, 11) is 0. The molecule has 3 aromatic carbocycles. The van der Waals surface area contributed by atoms with Crippen molar-refractivity contribution in [3.63, 3.8) is 0 Å². The molecular formula is C28H26N2O5. The molecular weight excluding hydrogens is 444 g/mol. The van der Waals surface area contributed by atoms with Gasteiger partial charge in [0.15, 0.2) is 0 Å². The number of benzene rings is 3. The molecule has 0 aromatic heterocycles. The van der Waals surface area contributed by atoms with Gasteiger partial charge in [-0.15, -0.1) is 0 Å². The summed E-state index contributed by atoms with van der Waals surface area (Å²) < 4.78 is 11.1. The van der Waals surface area contributed by atoms with Crippen LogP contribution in [0, 0.1) is 5.92 Å². The molecule has 0 spiro atoms. The summed E-state index contributed by atoms with van der Waals surface area (Å²) >= 11 is 0. The lowest BCUT2D eigenvalue weighted by molar-refractivity contribution is -0.125. The van der Waals surface area contributed by atoms with Gasteiger partial charge in [-0.25, -0.2) is 15.0 Å². The second-order valence-electron chi connectivity index (χ2n) is 8.28. The van der Waals surface area contributed by atoms with Crippen molar-refractivity contribution >= 4 is 24.1 Å². The summed E-state index contributed by atoms with van der Waals surface area (Å²) in [6.45, 7) is 0. The highest BCUT2D eigenvalue weighted by Gasteiger charge is 2.20. The van der Waals surface area contributed by atoms with Gasteiger partial charge in [-0.1, -0.05) is 55.7 Å². The lowest BCUT2D eigenvalue weighted by Crippen LogP contribution is -2.28. The fourth-order valence-electron chi connectivity index (χ4n) is 3.87. The Hall–Kier alpha value is -4.26. The van der Waals surface area contributed by atoms with Gasteiger partial charge in [0.1, 0.15) is 11.5 Å². The molecule has 1 aliphatic carbocycles. The van der Waals surface area contributed by atoms with Crippen LogP contribution in [0.25, 0.3) is 0 Å². The number of carbonyl (C=O) groups is 3. The maximum absolute atomic E-state index is 12.7. The van der Waals surface area contributed by atoms with E-state index in [2.05, 4.69) is 10.5 Å². The number of nitrogens with zero attached hydrogens (tertiary/aromatic N) is 1. The monoisotopic (exact) mass is 470 g/mol. The van der Waals surface area contributed by atoms with E-state index in [-0.39, 0.29) is 23.3 Å². The van der Waals surface area contributed by atoms with Gasteiger partial charge in [-0.3, -0.25) is 4.79 Å². The van der Waals surface area contributed by atoms with E-state index in [1.165, 1.54) is 12.3 Å². The maximum atomic E-state index is 12.7. The summed E-state index contributed by atoms with van der Waals surface area (Å²) in [5.74, 6) is -0.899. The van der Waals surface area contributed by atoms with E-state index in [1.807, 2.05) is 0 Å². The standard InChI is InChI=1S/C28H26N2O5/c31-26(20-10-4-1-5-11-20)30-29-19-23-16-17-24(34-27(32)21-12-6-2-7-13-21)18-25(23)35-28(33)22-14-8-3-9-15-22/h2-3,6-9,12-20H,1,4-5,10-11H2,(H,30,31). The van der Waals surface area contributed by atoms with Gasteiger partial charge in [-0.2, -0.15) is 5.10 Å². The van der Waals surface area contributed by atoms with Crippen LogP contribution in [-0.2, 0) is 4.79 Å². The Morgan fingerprint density at radius 1 is 0.771 bits per heavy atom. The van der Waals surface area contributed by atoms with E-state index >= 15 is 0 Å². The van der Waals surface area contributed by atoms with Gasteiger partial charge < -0.3 is 9.47 Å². The third-order valence-electron chi connectivity index (χ3n) is 5.77. The molecule has 0 aliphatic heterocycles. The zero-order chi connectivity index (χ0) is 24.5. The van der Waals surface area contributed by atoms with E-state index in [4.69, 9.17) is 9.47 Å². The molecule has 0 bridgehead atoms. The quantitative estimate of drug-likeness (QED) is 0.223. The first-order valence-corrected chi connectivity index (χ1v) is 11.6. The molecule has 0 heterocycles. The number of ether oxygens (including phenoxy) is 2. The first kappa shape index (κ1) is 23.9. The molecule has 0 radical (unpaired) electrons. The van der Waals surface area contributed by atoms with Gasteiger partial charge in [0.05, 0.1) is 17.3 Å². The highest BCUT2D eigenvalue weighted by Crippen LogP contribution is 2.26. The number of hydrazone groups is 1. The predicted molar refractivity (Wildman–Crippen MR) is 132 cm³/mol. The molecule has 1 fully saturated rings. The zero-order valence-electron chi connectivity index (χ0n) is 19.2. The molecule has 1 aliphatic rings. The van der Waals surface area contributed by atoms with Crippen LogP contribution in [0.3, 0.4) is 0 Å². The Morgan fingerprint density at radius 2 is 1.37 bits per heavy atom. The molecule has 3 aromatic rings. The Balaban J connectivity index is 1.52. The van der Waals surface area contributed by atoms with Crippen molar-refractivity contribution < 1.29 is 23.9 Å². The lowest BCUT2D eigenvalue weighted by Gasteiger charge is -2.19. The second-order valence-corrected chi connectivity index (χ2v) is 8.28. The van der Waals surface area contributed by atoms with E-state index in [1.54, 1.807) is 72.8 Å². The fourth-order valence-corrected chi connectivity index (χ4v) is 3.87. The summed E-state index contributed by atoms with van der Waals surface area (Å²) in [5, 5.41) is 4.07. The smallest absolute Gasteiger partial charge is 0.343 e. The number of hydrogen-bond acceptors (Lipinski definition) is 6. The van der Waals surface area contributed by atoms with Crippen molar-refractivity contribution in [3.05, 3.63) is 95.6 Å². The van der Waals surface area contributed by atoms with Crippen LogP contribution in [0.4, 0.5) is 0 Å². The number of carbonyl (C=O) groups excluding carboxylic acids is 3. The first-order chi connectivity index (χ1) is 17.1. The molecule has 4 rings (SSSR count). The van der Waals surface area contributed by atoms with Crippen molar-refractivity contribution in [2.45, 2.75) is 32.1 Å². The summed E-state index contributed by atoms with van der Waals surface area (Å²) in [6.07, 6.45) is 6.39. The molecule has 7 nitrogen and oxygen atoms in total. The Labute approximate surface area is 203 Å². The molecule has 35 heavy (non-hydrogen) atoms. The van der Waals surface area contributed by atoms with Crippen molar-refractivity contribution in [1.29, 1.82) is 0 Å². The molecule has 1 saturated carbocycles. The molecule has 1 N–H and O–H groups in total. The van der Waals surface area contributed by atoms with Crippen LogP contribution < -0.4 is 14.9 Å². The van der Waals surface area contributed by atoms with Gasteiger partial charge in [0.2, 0.25) is 5.91 Å². The van der Waals surface area contributed by atoms with E-state index in [9.17, 15) is 14.4 Å². The van der Waals surface area contributed by atoms with Crippen LogP contribution in [0.5, 0.6) is 11.5 Å². The van der Waals surface area contributed by atoms with Crippen molar-refractivity contribution in [3.8, 4) is 11.5 Å². The van der Waals surface area contributed by atoms with Crippen LogP contribution in [0.2, 0.25) is 0 Å². The Bertz CT molecular complexity index is 1200. The number of nitrogens with one attached hydrogen (secondary N) is 1. The second kappa shape index (κ2) is 11.7. The number of amides is 1. The van der Waals surface area contributed by atoms with E-state index in [0.29, 0.717) is 16.7 Å². The van der Waals surface area contributed by atoms with Crippen LogP contribution in [-0.4, -0.2) is 24.1 Å². The van der Waals surface area contributed by atoms with Gasteiger partial charge >= 0.3 is 11.9 Å². The predicted octanol–water partition coefficient (Wildman–Crippen LogP) is 5.16. The third kappa shape index (κ3) is 6.63. The number of hydrogen-bond donors (Lipinski definition) is 1. The van der Waals surface area contributed by atoms with E-state index in [0.717, 1.165) is 32.1 Å². The van der Waals surface area contributed by atoms with Crippen LogP contribution in [0.1, 0.15) is 58.4 Å². The van der Waals surface area contributed by atoms with Gasteiger partial charge in [-0.05, 0) is 49.2 Å². The van der Waals surface area contributed by atoms with Crippen molar-refractivity contribution in [2.24, 2.45) is 11.0 Å². The normalized spacial score (nSPS) is 13.8. The average molecular weight is 471 g/mol. The SMILES string of the molecule is O=C(Oc1ccc(C=NNC(=O)C2CCCCC2)c(OC(=O)c2ccccc2)c1)c1ccccc1. The number of rotatable bonds is 7. The van der Waals surface area contributed by atoms with Crippen molar-refractivity contribution in [2.75, 3.05) is 0 Å². The van der Waals surface area contributed by atoms with Crippen LogP contribution in [0.15, 0.2) is 84.0 Å². The minimum atomic E-state index is -0.571. The summed E-state index contributed by atoms with van der Waals surface area (Å²) in [6, 6.07) is 21.8. The van der Waals surface area contributed by atoms with Gasteiger partial charge in [0, 0.05) is 17.5 Å². The molecule has 1 amide bonds. The lowest BCUT2D eigenvalue weighted by atomic mass is 9.89. The minimum absolute atomic E-state index is 0.0314. The molecule has 0 unspecified atom stereocenters. The summed E-state index contributed by atoms with van der Waals surface area (Å²) in [4.78, 5) is 37.5. The largest absolute Gasteiger partial charge is 0.423 e. The molecule has 178 valence electrons. The molecule has 0 atom stereocenters. The zero-order valence-corrected chi connectivity index (χ0v) is 19.2. The van der Waals surface area contributed by atoms with Crippen molar-refractivity contribution in [1.82, 2.24) is 5.43 Å². The fraction of sp³-hybridized carbons (Fsp3) is 0.214. The average Bonchev–Trinajstić information content (AvgIpc) is 2.91. The topological polar surface area (TPSA) is 94.1 Å². The molecule has 7 heteroatoms. The maximum Gasteiger partial charge on any atom is 0.343 e.